The highest BCUT2D eigenvalue weighted by Gasteiger charge is 2.40. The lowest BCUT2D eigenvalue weighted by Crippen LogP contribution is -2.41. The molecule has 1 saturated heterocycles. The molecule has 7 aromatic rings. The van der Waals surface area contributed by atoms with Gasteiger partial charge >= 0.3 is 12.2 Å². The van der Waals surface area contributed by atoms with Crippen LogP contribution in [-0.4, -0.2) is 126 Å². The molecule has 0 saturated carbocycles. The summed E-state index contributed by atoms with van der Waals surface area (Å²) in [5, 5.41) is 16.6. The number of benzene rings is 5. The van der Waals surface area contributed by atoms with Crippen molar-refractivity contribution in [2.45, 2.75) is 114 Å². The van der Waals surface area contributed by atoms with Crippen LogP contribution < -0.4 is 24.2 Å². The van der Waals surface area contributed by atoms with Crippen LogP contribution in [0.2, 0.25) is 0 Å². The highest BCUT2D eigenvalue weighted by molar-refractivity contribution is 7.92. The molecule has 0 spiro atoms. The number of hydrogen-bond acceptors (Lipinski definition) is 15. The predicted molar refractivity (Wildman–Crippen MR) is 292 cm³/mol. The number of imidazole rings is 1. The number of fused-ring (bicyclic) bond motifs is 1. The molecule has 3 heterocycles. The van der Waals surface area contributed by atoms with Gasteiger partial charge in [-0.3, -0.25) is 0 Å². The number of aromatic amines is 1. The van der Waals surface area contributed by atoms with Crippen LogP contribution in [0.4, 0.5) is 9.59 Å². The summed E-state index contributed by atoms with van der Waals surface area (Å²) in [6.07, 6.45) is -0.741. The second kappa shape index (κ2) is 23.2. The van der Waals surface area contributed by atoms with Crippen LogP contribution in [0.5, 0.6) is 17.2 Å². The van der Waals surface area contributed by atoms with E-state index < -0.39 is 65.3 Å². The van der Waals surface area contributed by atoms with Crippen LogP contribution in [0.1, 0.15) is 77.4 Å². The number of nitrogens with one attached hydrogen (secondary N) is 3. The average molecular weight is 1110 g/mol. The molecular weight excluding hydrogens is 1040 g/mol. The number of ether oxygens (including phenoxy) is 5. The lowest BCUT2D eigenvalue weighted by atomic mass is 9.98. The van der Waals surface area contributed by atoms with Crippen molar-refractivity contribution in [1.29, 1.82) is 0 Å². The molecule has 2 aromatic heterocycles. The number of carbonyl (C=O) groups is 2. The fourth-order valence-electron chi connectivity index (χ4n) is 8.89. The van der Waals surface area contributed by atoms with E-state index in [9.17, 15) is 9.59 Å². The Morgan fingerprint density at radius 3 is 1.90 bits per heavy atom. The molecule has 3 N–H and O–H groups in total. The van der Waals surface area contributed by atoms with Crippen molar-refractivity contribution in [3.8, 4) is 39.8 Å². The second-order valence-electron chi connectivity index (χ2n) is 20.9. The van der Waals surface area contributed by atoms with Gasteiger partial charge in [0.25, 0.3) is 0 Å². The molecular formula is C55H66N10O11S2. The fraction of sp³-hybridized carbons (Fsp3) is 0.382. The molecule has 78 heavy (non-hydrogen) atoms. The fourth-order valence-corrected chi connectivity index (χ4v) is 12.6. The summed E-state index contributed by atoms with van der Waals surface area (Å²) in [6.45, 7) is 12.1. The summed E-state index contributed by atoms with van der Waals surface area (Å²) in [5.41, 5.74) is 1.78. The molecule has 1 aliphatic rings. The maximum absolute atomic E-state index is 16.4. The minimum atomic E-state index is -5.02. The number of H-pyrrole nitrogens is 1. The van der Waals surface area contributed by atoms with E-state index in [0.717, 1.165) is 5.56 Å². The Labute approximate surface area is 454 Å². The van der Waals surface area contributed by atoms with Gasteiger partial charge in [-0.1, -0.05) is 54.6 Å². The molecule has 5 aromatic carbocycles. The number of sulfonamides is 2. The van der Waals surface area contributed by atoms with Gasteiger partial charge in [0.2, 0.25) is 25.9 Å². The summed E-state index contributed by atoms with van der Waals surface area (Å²) in [7, 11) is -5.23. The monoisotopic (exact) mass is 1110 g/mol. The van der Waals surface area contributed by atoms with Crippen LogP contribution in [0.3, 0.4) is 0 Å². The number of nitrogens with zero attached hydrogens (tertiary/aromatic N) is 7. The minimum Gasteiger partial charge on any atom is -0.497 e. The summed E-state index contributed by atoms with van der Waals surface area (Å²) in [6, 6.07) is 27.8. The third-order valence-electron chi connectivity index (χ3n) is 12.5. The van der Waals surface area contributed by atoms with Gasteiger partial charge in [0.1, 0.15) is 44.1 Å². The predicted octanol–water partition coefficient (Wildman–Crippen LogP) is 8.09. The quantitative estimate of drug-likeness (QED) is 0.0692. The van der Waals surface area contributed by atoms with Gasteiger partial charge in [-0.25, -0.2) is 36.1 Å². The van der Waals surface area contributed by atoms with Crippen LogP contribution in [0.15, 0.2) is 113 Å². The zero-order valence-corrected chi connectivity index (χ0v) is 47.0. The van der Waals surface area contributed by atoms with E-state index in [1.54, 1.807) is 128 Å². The van der Waals surface area contributed by atoms with Gasteiger partial charge < -0.3 is 38.9 Å². The Balaban J connectivity index is 1.34. The van der Waals surface area contributed by atoms with E-state index in [1.165, 1.54) is 40.4 Å². The molecule has 2 atom stereocenters. The number of aromatic nitrogens is 6. The SMILES string of the molecule is COc1ccc(CN(Cc2ccc(OC)cc2)S(=O)(=O)c2c(S(=O)(=O)N[C@@H]3CCN(C(=O)OC(C)(C)C)C3)ccc(-c3cccc4[nH]c(CC(C)NC(=O)OC(C)(C)C)nc34)c2-c2nnn(Cc3ccc(OC)cc3)n2)cc1. The second-order valence-corrected chi connectivity index (χ2v) is 24.5. The summed E-state index contributed by atoms with van der Waals surface area (Å²) >= 11 is 0. The molecule has 21 nitrogen and oxygen atoms in total. The molecule has 414 valence electrons. The molecule has 23 heteroatoms. The summed E-state index contributed by atoms with van der Waals surface area (Å²) < 4.78 is 94.8. The Morgan fingerprint density at radius 1 is 0.756 bits per heavy atom. The number of likely N-dealkylation sites (tertiary alicyclic amines) is 1. The number of rotatable bonds is 19. The Bertz CT molecular complexity index is 3430. The number of carbonyl (C=O) groups excluding carboxylic acids is 2. The number of para-hydroxylation sites is 1. The third-order valence-corrected chi connectivity index (χ3v) is 16.1. The third kappa shape index (κ3) is 13.7. The van der Waals surface area contributed by atoms with Crippen molar-refractivity contribution in [3.05, 3.63) is 126 Å². The van der Waals surface area contributed by atoms with Gasteiger partial charge in [0.15, 0.2) is 0 Å². The molecule has 0 radical (unpaired) electrons. The van der Waals surface area contributed by atoms with Crippen LogP contribution >= 0.6 is 0 Å². The topological polar surface area (TPSA) is 251 Å². The molecule has 0 aliphatic carbocycles. The average Bonchev–Trinajstić information content (AvgIpc) is 4.26. The zero-order valence-electron chi connectivity index (χ0n) is 45.4. The number of tetrazole rings is 1. The molecule has 0 bridgehead atoms. The first-order chi connectivity index (χ1) is 36.9. The van der Waals surface area contributed by atoms with Crippen LogP contribution in [0, 0.1) is 0 Å². The maximum Gasteiger partial charge on any atom is 0.410 e. The highest BCUT2D eigenvalue weighted by Crippen LogP contribution is 2.43. The first-order valence-electron chi connectivity index (χ1n) is 25.2. The van der Waals surface area contributed by atoms with Crippen molar-refractivity contribution in [1.82, 2.24) is 49.4 Å². The first-order valence-corrected chi connectivity index (χ1v) is 28.2. The Hall–Kier alpha value is -7.60. The van der Waals surface area contributed by atoms with Crippen LogP contribution in [0.25, 0.3) is 33.5 Å². The molecule has 1 aliphatic heterocycles. The molecule has 2 amide bonds. The lowest BCUT2D eigenvalue weighted by Gasteiger charge is -2.27. The number of methoxy groups -OCH3 is 3. The van der Waals surface area contributed by atoms with Crippen LogP contribution in [-0.2, 0) is 55.6 Å². The van der Waals surface area contributed by atoms with Crippen molar-refractivity contribution in [2.75, 3.05) is 34.4 Å². The van der Waals surface area contributed by atoms with E-state index in [2.05, 4.69) is 25.3 Å². The minimum absolute atomic E-state index is 0.0428. The van der Waals surface area contributed by atoms with Crippen molar-refractivity contribution in [2.24, 2.45) is 0 Å². The van der Waals surface area contributed by atoms with Crippen molar-refractivity contribution < 1.29 is 50.1 Å². The normalized spacial score (nSPS) is 14.6. The maximum atomic E-state index is 16.4. The zero-order chi connectivity index (χ0) is 56.2. The first kappa shape index (κ1) is 56.6. The highest BCUT2D eigenvalue weighted by atomic mass is 32.2. The van der Waals surface area contributed by atoms with E-state index >= 15 is 16.8 Å². The standard InChI is InChI=1S/C55H66N10O11S2/c1-35(56-52(66)75-54(2,3)4)30-47-57-45-13-11-12-44(49(45)58-47)43-26-27-46(77(68,69)61-39-28-29-63(34-39)53(67)76-55(5,6)7)50(48(43)51-59-62-65(60-51)33-38-18-24-42(74-10)25-19-38)78(70,71)64(31-36-14-20-40(72-8)21-15-36)32-37-16-22-41(73-9)23-17-37/h11-27,35,39,61H,28-34H2,1-10H3,(H,56,66)(H,57,58)/t35?,39-/m1/s1. The number of amides is 2. The van der Waals surface area contributed by atoms with Gasteiger partial charge in [-0.2, -0.15) is 9.10 Å². The van der Waals surface area contributed by atoms with Crippen molar-refractivity contribution in [3.63, 3.8) is 0 Å². The largest absolute Gasteiger partial charge is 0.497 e. The van der Waals surface area contributed by atoms with E-state index in [1.807, 2.05) is 19.1 Å². The number of hydrogen-bond donors (Lipinski definition) is 3. The molecule has 8 rings (SSSR count). The summed E-state index contributed by atoms with van der Waals surface area (Å²) in [5.74, 6) is 2.00. The molecule has 1 fully saturated rings. The Kier molecular flexibility index (Phi) is 16.8. The van der Waals surface area contributed by atoms with Gasteiger partial charge in [0, 0.05) is 50.2 Å². The smallest absolute Gasteiger partial charge is 0.410 e. The van der Waals surface area contributed by atoms with Crippen molar-refractivity contribution >= 4 is 43.3 Å². The lowest BCUT2D eigenvalue weighted by molar-refractivity contribution is 0.0291. The van der Waals surface area contributed by atoms with Gasteiger partial charge in [0.05, 0.1) is 44.5 Å². The van der Waals surface area contributed by atoms with Gasteiger partial charge in [-0.15, -0.1) is 10.2 Å². The van der Waals surface area contributed by atoms with E-state index in [-0.39, 0.29) is 62.5 Å². The van der Waals surface area contributed by atoms with E-state index in [4.69, 9.17) is 33.8 Å². The van der Waals surface area contributed by atoms with E-state index in [0.29, 0.717) is 50.8 Å². The van der Waals surface area contributed by atoms with Gasteiger partial charge in [-0.05, 0) is 131 Å². The Morgan fingerprint density at radius 2 is 1.33 bits per heavy atom. The number of alkyl carbamates (subject to hydrolysis) is 1. The summed E-state index contributed by atoms with van der Waals surface area (Å²) in [4.78, 5) is 35.8. The molecule has 1 unspecified atom stereocenters.